The highest BCUT2D eigenvalue weighted by atomic mass is 35.5. The Morgan fingerprint density at radius 2 is 1.96 bits per heavy atom. The van der Waals surface area contributed by atoms with Crippen molar-refractivity contribution in [1.29, 1.82) is 0 Å². The van der Waals surface area contributed by atoms with Crippen LogP contribution < -0.4 is 10.1 Å². The number of nitrogens with one attached hydrogen (secondary N) is 1. The van der Waals surface area contributed by atoms with E-state index < -0.39 is 12.1 Å². The summed E-state index contributed by atoms with van der Waals surface area (Å²) in [7, 11) is 0. The maximum Gasteiger partial charge on any atom is 0.307 e. The summed E-state index contributed by atoms with van der Waals surface area (Å²) in [6.45, 7) is 1.43. The Balaban J connectivity index is 1.66. The van der Waals surface area contributed by atoms with Crippen molar-refractivity contribution in [3.8, 4) is 5.75 Å². The van der Waals surface area contributed by atoms with Gasteiger partial charge < -0.3 is 20.3 Å². The largest absolute Gasteiger partial charge is 0.492 e. The summed E-state index contributed by atoms with van der Waals surface area (Å²) in [5.41, 5.74) is 1.50. The van der Waals surface area contributed by atoms with Gasteiger partial charge in [-0.2, -0.15) is 0 Å². The summed E-state index contributed by atoms with van der Waals surface area (Å²) in [6.07, 6.45) is -0.623. The number of aliphatic hydroxyl groups excluding tert-OH is 1. The summed E-state index contributed by atoms with van der Waals surface area (Å²) in [6, 6.07) is 14.1. The Morgan fingerprint density at radius 3 is 2.62 bits per heavy atom. The topological polar surface area (TPSA) is 78.8 Å². The van der Waals surface area contributed by atoms with Crippen molar-refractivity contribution in [3.05, 3.63) is 64.7 Å². The van der Waals surface area contributed by atoms with Crippen LogP contribution >= 0.6 is 11.6 Å². The molecule has 3 N–H and O–H groups in total. The Bertz CT molecular complexity index is 660. The van der Waals surface area contributed by atoms with Crippen LogP contribution in [0.1, 0.15) is 17.2 Å². The van der Waals surface area contributed by atoms with Crippen LogP contribution in [-0.4, -0.2) is 35.9 Å². The van der Waals surface area contributed by atoms with E-state index in [2.05, 4.69) is 5.32 Å². The molecule has 0 saturated heterocycles. The number of hydrogen-bond acceptors (Lipinski definition) is 4. The highest BCUT2D eigenvalue weighted by Crippen LogP contribution is 2.17. The van der Waals surface area contributed by atoms with Gasteiger partial charge in [0, 0.05) is 18.1 Å². The van der Waals surface area contributed by atoms with E-state index in [1.807, 2.05) is 6.07 Å². The first-order chi connectivity index (χ1) is 11.5. The molecule has 1 unspecified atom stereocenters. The van der Waals surface area contributed by atoms with Crippen molar-refractivity contribution in [3.63, 3.8) is 0 Å². The molecule has 0 aromatic heterocycles. The molecule has 1 atom stereocenters. The van der Waals surface area contributed by atoms with Crippen molar-refractivity contribution < 1.29 is 19.7 Å². The lowest BCUT2D eigenvalue weighted by Gasteiger charge is -2.13. The summed E-state index contributed by atoms with van der Waals surface area (Å²) >= 11 is 5.90. The van der Waals surface area contributed by atoms with Gasteiger partial charge in [-0.1, -0.05) is 35.9 Å². The van der Waals surface area contributed by atoms with Crippen molar-refractivity contribution in [2.24, 2.45) is 0 Å². The molecule has 128 valence electrons. The van der Waals surface area contributed by atoms with E-state index >= 15 is 0 Å². The number of carbonyl (C=O) groups is 1. The molecule has 5 nitrogen and oxygen atoms in total. The second-order valence-corrected chi connectivity index (χ2v) is 5.77. The quantitative estimate of drug-likeness (QED) is 0.607. The number of benzene rings is 2. The molecule has 0 aliphatic heterocycles. The molecule has 0 saturated carbocycles. The van der Waals surface area contributed by atoms with Gasteiger partial charge in [-0.15, -0.1) is 0 Å². The Labute approximate surface area is 145 Å². The van der Waals surface area contributed by atoms with Gasteiger partial charge in [0.1, 0.15) is 12.4 Å². The molecule has 2 aromatic carbocycles. The Morgan fingerprint density at radius 1 is 1.21 bits per heavy atom. The second kappa shape index (κ2) is 9.27. The predicted octanol–water partition coefficient (Wildman–Crippen LogP) is 2.67. The lowest BCUT2D eigenvalue weighted by Crippen LogP contribution is -2.26. The first kappa shape index (κ1) is 18.3. The fourth-order valence-electron chi connectivity index (χ4n) is 2.19. The zero-order valence-electron chi connectivity index (χ0n) is 13.1. The molecule has 0 bridgehead atoms. The average Bonchev–Trinajstić information content (AvgIpc) is 2.55. The zero-order chi connectivity index (χ0) is 17.4. The van der Waals surface area contributed by atoms with E-state index in [1.54, 1.807) is 42.5 Å². The molecular formula is C18H20ClNO4. The summed E-state index contributed by atoms with van der Waals surface area (Å²) in [4.78, 5) is 10.6. The zero-order valence-corrected chi connectivity index (χ0v) is 13.9. The third-order valence-electron chi connectivity index (χ3n) is 3.40. The molecule has 24 heavy (non-hydrogen) atoms. The van der Waals surface area contributed by atoms with E-state index in [-0.39, 0.29) is 6.42 Å². The number of halogens is 1. The number of carboxylic acids is 1. The van der Waals surface area contributed by atoms with Gasteiger partial charge in [0.15, 0.2) is 0 Å². The number of carboxylic acid groups (broad SMARTS) is 1. The molecule has 2 aromatic rings. The van der Waals surface area contributed by atoms with E-state index in [0.717, 1.165) is 11.1 Å². The molecule has 6 heteroatoms. The van der Waals surface area contributed by atoms with Crippen LogP contribution in [-0.2, 0) is 11.2 Å². The molecule has 0 aliphatic carbocycles. The first-order valence-corrected chi connectivity index (χ1v) is 8.00. The first-order valence-electron chi connectivity index (χ1n) is 7.62. The number of aliphatic hydroxyl groups is 1. The van der Waals surface area contributed by atoms with Crippen LogP contribution in [0.4, 0.5) is 0 Å². The normalized spacial score (nSPS) is 11.9. The smallest absolute Gasteiger partial charge is 0.307 e. The maximum absolute atomic E-state index is 10.6. The van der Waals surface area contributed by atoms with E-state index in [4.69, 9.17) is 21.4 Å². The number of aliphatic carboxylic acids is 1. The van der Waals surface area contributed by atoms with Crippen LogP contribution in [0.25, 0.3) is 0 Å². The van der Waals surface area contributed by atoms with Gasteiger partial charge in [0.05, 0.1) is 12.5 Å². The third-order valence-corrected chi connectivity index (χ3v) is 3.63. The fourth-order valence-corrected chi connectivity index (χ4v) is 2.39. The minimum absolute atomic E-state index is 0.00320. The molecule has 0 heterocycles. The van der Waals surface area contributed by atoms with Crippen molar-refractivity contribution in [1.82, 2.24) is 5.32 Å². The number of hydrogen-bond donors (Lipinski definition) is 3. The Kier molecular flexibility index (Phi) is 7.06. The fraction of sp³-hybridized carbons (Fsp3) is 0.278. The van der Waals surface area contributed by atoms with Gasteiger partial charge in [-0.25, -0.2) is 0 Å². The second-order valence-electron chi connectivity index (χ2n) is 5.34. The molecule has 2 rings (SSSR count). The Hall–Kier alpha value is -2.08. The molecule has 0 fully saturated rings. The summed E-state index contributed by atoms with van der Waals surface area (Å²) in [5, 5.41) is 22.5. The van der Waals surface area contributed by atoms with Gasteiger partial charge >= 0.3 is 5.97 Å². The van der Waals surface area contributed by atoms with E-state index in [1.165, 1.54) is 0 Å². The average molecular weight is 350 g/mol. The maximum atomic E-state index is 10.6. The highest BCUT2D eigenvalue weighted by Gasteiger charge is 2.07. The molecule has 0 amide bonds. The number of rotatable bonds is 9. The van der Waals surface area contributed by atoms with Gasteiger partial charge in [-0.05, 0) is 35.4 Å². The standard InChI is InChI=1S/C18H20ClNO4/c19-15-3-1-2-14(11-15)17(21)12-20-8-9-24-16-6-4-13(5-7-16)10-18(22)23/h1-7,11,17,20-21H,8-10,12H2,(H,22,23). The minimum Gasteiger partial charge on any atom is -0.492 e. The van der Waals surface area contributed by atoms with Crippen LogP contribution in [0.15, 0.2) is 48.5 Å². The molecule has 0 aliphatic rings. The van der Waals surface area contributed by atoms with E-state index in [9.17, 15) is 9.90 Å². The lowest BCUT2D eigenvalue weighted by atomic mass is 10.1. The molecule has 0 spiro atoms. The highest BCUT2D eigenvalue weighted by molar-refractivity contribution is 6.30. The van der Waals surface area contributed by atoms with Crippen molar-refractivity contribution in [2.75, 3.05) is 19.7 Å². The van der Waals surface area contributed by atoms with Crippen molar-refractivity contribution >= 4 is 17.6 Å². The lowest BCUT2D eigenvalue weighted by molar-refractivity contribution is -0.136. The molecular weight excluding hydrogens is 330 g/mol. The van der Waals surface area contributed by atoms with Gasteiger partial charge in [0.2, 0.25) is 0 Å². The molecule has 0 radical (unpaired) electrons. The van der Waals surface area contributed by atoms with Crippen LogP contribution in [0.3, 0.4) is 0 Å². The van der Waals surface area contributed by atoms with Crippen LogP contribution in [0.5, 0.6) is 5.75 Å². The van der Waals surface area contributed by atoms with E-state index in [0.29, 0.717) is 30.5 Å². The third kappa shape index (κ3) is 6.20. The number of ether oxygens (including phenoxy) is 1. The van der Waals surface area contributed by atoms with Crippen LogP contribution in [0.2, 0.25) is 5.02 Å². The van der Waals surface area contributed by atoms with Gasteiger partial charge in [0.25, 0.3) is 0 Å². The van der Waals surface area contributed by atoms with Crippen molar-refractivity contribution in [2.45, 2.75) is 12.5 Å². The minimum atomic E-state index is -0.855. The predicted molar refractivity (Wildman–Crippen MR) is 92.6 cm³/mol. The van der Waals surface area contributed by atoms with Gasteiger partial charge in [-0.3, -0.25) is 4.79 Å². The summed E-state index contributed by atoms with van der Waals surface area (Å²) in [5.74, 6) is -0.174. The SMILES string of the molecule is O=C(O)Cc1ccc(OCCNCC(O)c2cccc(Cl)c2)cc1. The monoisotopic (exact) mass is 349 g/mol. The summed E-state index contributed by atoms with van der Waals surface area (Å²) < 4.78 is 5.56. The van der Waals surface area contributed by atoms with Crippen LogP contribution in [0, 0.1) is 0 Å².